The predicted molar refractivity (Wildman–Crippen MR) is 255 cm³/mol. The first-order valence-corrected chi connectivity index (χ1v) is 21.9. The quantitative estimate of drug-likeness (QED) is 0.0529. The Bertz CT molecular complexity index is 2790. The van der Waals surface area contributed by atoms with Gasteiger partial charge in [0.05, 0.1) is 10.8 Å². The van der Waals surface area contributed by atoms with Crippen LogP contribution in [-0.2, 0) is 38.1 Å². The first-order valence-electron chi connectivity index (χ1n) is 21.4. The van der Waals surface area contributed by atoms with Gasteiger partial charge in [-0.05, 0) is 144 Å². The zero-order chi connectivity index (χ0) is 45.5. The topological polar surface area (TPSA) is 105 Å². The van der Waals surface area contributed by atoms with E-state index in [2.05, 4.69) is 73.3 Å². The van der Waals surface area contributed by atoms with Crippen molar-refractivity contribution in [3.63, 3.8) is 0 Å². The Balaban J connectivity index is 0.000000213. The van der Waals surface area contributed by atoms with Crippen LogP contribution in [0.5, 0.6) is 0 Å². The van der Waals surface area contributed by atoms with E-state index in [0.29, 0.717) is 12.8 Å². The number of hydrogen-bond acceptors (Lipinski definition) is 9. The molecule has 0 heterocycles. The van der Waals surface area contributed by atoms with Crippen molar-refractivity contribution in [2.45, 2.75) is 85.3 Å². The summed E-state index contributed by atoms with van der Waals surface area (Å²) in [6.45, 7) is 13.8. The third-order valence-corrected chi connectivity index (χ3v) is 12.3. The van der Waals surface area contributed by atoms with Gasteiger partial charge in [0.25, 0.3) is 0 Å². The van der Waals surface area contributed by atoms with Crippen molar-refractivity contribution >= 4 is 79.6 Å². The molecule has 0 bridgehead atoms. The zero-order valence-corrected chi connectivity index (χ0v) is 38.2. The minimum atomic E-state index is -0.616. The van der Waals surface area contributed by atoms with Crippen LogP contribution in [0.25, 0.3) is 54.2 Å². The Morgan fingerprint density at radius 3 is 1.52 bits per heavy atom. The van der Waals surface area contributed by atoms with Gasteiger partial charge >= 0.3 is 23.9 Å². The molecule has 326 valence electrons. The summed E-state index contributed by atoms with van der Waals surface area (Å²) in [4.78, 5) is 49.3. The highest BCUT2D eigenvalue weighted by Crippen LogP contribution is 2.34. The Labute approximate surface area is 375 Å². The fourth-order valence-corrected chi connectivity index (χ4v) is 7.36. The maximum atomic E-state index is 12.2. The number of rotatable bonds is 13. The minimum Gasteiger partial charge on any atom is -0.455 e. The van der Waals surface area contributed by atoms with Crippen LogP contribution in [0.1, 0.15) is 91.6 Å². The molecule has 0 fully saturated rings. The molecule has 8 nitrogen and oxygen atoms in total. The number of hydrogen-bond donors (Lipinski definition) is 1. The summed E-state index contributed by atoms with van der Waals surface area (Å²) in [5.41, 5.74) is 2.90. The van der Waals surface area contributed by atoms with E-state index in [-0.39, 0.29) is 13.2 Å². The second-order valence-electron chi connectivity index (χ2n) is 17.2. The molecule has 0 radical (unpaired) electrons. The molecule has 0 amide bonds. The molecule has 0 N–H and O–H groups in total. The van der Waals surface area contributed by atoms with Crippen molar-refractivity contribution in [3.8, 4) is 11.1 Å². The van der Waals surface area contributed by atoms with Crippen molar-refractivity contribution in [1.82, 2.24) is 0 Å². The van der Waals surface area contributed by atoms with E-state index in [1.54, 1.807) is 34.6 Å². The highest BCUT2D eigenvalue weighted by atomic mass is 32.1. The normalized spacial score (nSPS) is 12.6. The van der Waals surface area contributed by atoms with Crippen LogP contribution in [-0.4, -0.2) is 37.1 Å². The lowest BCUT2D eigenvalue weighted by Gasteiger charge is -2.20. The van der Waals surface area contributed by atoms with E-state index >= 15 is 0 Å². The second kappa shape index (κ2) is 19.9. The lowest BCUT2D eigenvalue weighted by atomic mass is 9.91. The summed E-state index contributed by atoms with van der Waals surface area (Å²) < 4.78 is 21.2. The molecule has 0 aliphatic carbocycles. The number of carbonyl (C=O) groups excluding carboxylic acids is 4. The average Bonchev–Trinajstić information content (AvgIpc) is 3.29. The van der Waals surface area contributed by atoms with Gasteiger partial charge in [-0.15, -0.1) is 12.6 Å². The molecule has 0 aliphatic rings. The van der Waals surface area contributed by atoms with Gasteiger partial charge in [-0.1, -0.05) is 117 Å². The lowest BCUT2D eigenvalue weighted by Crippen LogP contribution is -2.28. The molecule has 0 spiro atoms. The summed E-state index contributed by atoms with van der Waals surface area (Å²) in [6, 6.07) is 43.4. The molecule has 2 atom stereocenters. The van der Waals surface area contributed by atoms with Crippen molar-refractivity contribution in [2.75, 3.05) is 13.2 Å². The highest BCUT2D eigenvalue weighted by molar-refractivity contribution is 7.80. The molecule has 0 aromatic heterocycles. The Morgan fingerprint density at radius 2 is 0.952 bits per heavy atom. The fraction of sp³-hybridized carbons (Fsp3) is 0.296. The van der Waals surface area contributed by atoms with E-state index in [0.717, 1.165) is 48.3 Å². The Kier molecular flexibility index (Phi) is 14.6. The van der Waals surface area contributed by atoms with Gasteiger partial charge in [-0.3, -0.25) is 9.59 Å². The molecular weight excluding hydrogens is 809 g/mol. The predicted octanol–water partition coefficient (Wildman–Crippen LogP) is 13.1. The third-order valence-electron chi connectivity index (χ3n) is 11.9. The van der Waals surface area contributed by atoms with Crippen molar-refractivity contribution < 1.29 is 38.1 Å². The largest absolute Gasteiger partial charge is 0.455 e. The number of esters is 4. The number of thiol groups is 1. The van der Waals surface area contributed by atoms with Gasteiger partial charge in [0.15, 0.2) is 13.2 Å². The first-order chi connectivity index (χ1) is 30.0. The molecule has 9 heteroatoms. The molecule has 7 aromatic rings. The SMILES string of the molecule is CCC(C)(C)C(=O)OCC(=O)OC(C)c1ccc2c(c1)c(S)cc1ccccc12.CCC(C)(C)C(=O)OCC(=O)OC(C)c1ccc2c(ccc3cc(-c4ccccc4)ccc32)c1. The summed E-state index contributed by atoms with van der Waals surface area (Å²) in [5, 5.41) is 8.98. The lowest BCUT2D eigenvalue weighted by molar-refractivity contribution is -0.167. The number of ether oxygens (including phenoxy) is 4. The minimum absolute atomic E-state index is 0.380. The van der Waals surface area contributed by atoms with Crippen LogP contribution in [0.2, 0.25) is 0 Å². The van der Waals surface area contributed by atoms with Crippen LogP contribution in [0.4, 0.5) is 0 Å². The summed E-state index contributed by atoms with van der Waals surface area (Å²) in [5.74, 6) is -1.92. The van der Waals surface area contributed by atoms with Crippen molar-refractivity contribution in [2.24, 2.45) is 10.8 Å². The van der Waals surface area contributed by atoms with Crippen LogP contribution in [0.15, 0.2) is 132 Å². The molecule has 0 saturated carbocycles. The highest BCUT2D eigenvalue weighted by Gasteiger charge is 2.29. The molecule has 63 heavy (non-hydrogen) atoms. The molecular formula is C54H56O8S. The van der Waals surface area contributed by atoms with E-state index in [9.17, 15) is 19.2 Å². The third kappa shape index (κ3) is 11.1. The monoisotopic (exact) mass is 864 g/mol. The molecule has 7 rings (SSSR count). The van der Waals surface area contributed by atoms with Crippen molar-refractivity contribution in [3.05, 3.63) is 139 Å². The van der Waals surface area contributed by atoms with Crippen LogP contribution in [0.3, 0.4) is 0 Å². The van der Waals surface area contributed by atoms with Gasteiger partial charge in [0, 0.05) is 4.90 Å². The molecule has 0 aliphatic heterocycles. The van der Waals surface area contributed by atoms with Crippen LogP contribution in [0, 0.1) is 10.8 Å². The number of fused-ring (bicyclic) bond motifs is 6. The summed E-state index contributed by atoms with van der Waals surface area (Å²) >= 11 is 4.64. The van der Waals surface area contributed by atoms with Gasteiger partial charge in [-0.25, -0.2) is 9.59 Å². The summed E-state index contributed by atoms with van der Waals surface area (Å²) in [6.07, 6.45) is 0.348. The summed E-state index contributed by atoms with van der Waals surface area (Å²) in [7, 11) is 0. The molecule has 0 saturated heterocycles. The first kappa shape index (κ1) is 46.3. The number of carbonyl (C=O) groups is 4. The van der Waals surface area contributed by atoms with Crippen LogP contribution < -0.4 is 0 Å². The van der Waals surface area contributed by atoms with Crippen LogP contribution >= 0.6 is 12.6 Å². The van der Waals surface area contributed by atoms with Gasteiger partial charge in [0.2, 0.25) is 0 Å². The molecule has 2 unspecified atom stereocenters. The number of benzene rings is 7. The fourth-order valence-electron chi connectivity index (χ4n) is 7.03. The molecule has 7 aromatic carbocycles. The van der Waals surface area contributed by atoms with E-state index in [4.69, 9.17) is 18.9 Å². The van der Waals surface area contributed by atoms with E-state index in [1.807, 2.05) is 87.5 Å². The van der Waals surface area contributed by atoms with Gasteiger partial charge < -0.3 is 18.9 Å². The average molecular weight is 865 g/mol. The maximum absolute atomic E-state index is 12.2. The van der Waals surface area contributed by atoms with Crippen molar-refractivity contribution in [1.29, 1.82) is 0 Å². The zero-order valence-electron chi connectivity index (χ0n) is 37.3. The van der Waals surface area contributed by atoms with E-state index < -0.39 is 46.9 Å². The standard InChI is InChI=1S/C30H30O4.C24H26O4S/c1-5-30(3,4)29(32)33-19-28(31)34-20(2)22-13-15-26-24(17-22)11-12-25-18-23(14-16-27(25)26)21-9-7-6-8-10-21;1-5-24(3,4)23(26)27-14-22(25)28-15(2)16-10-11-19-18-9-7-6-8-17(18)13-21(29)20(19)12-16/h6-18,20H,5,19H2,1-4H3;6-13,15,29H,5,14H2,1-4H3. The van der Waals surface area contributed by atoms with Gasteiger partial charge in [-0.2, -0.15) is 0 Å². The Morgan fingerprint density at radius 1 is 0.492 bits per heavy atom. The van der Waals surface area contributed by atoms with E-state index in [1.165, 1.54) is 21.9 Å². The van der Waals surface area contributed by atoms with Gasteiger partial charge in [0.1, 0.15) is 12.2 Å². The second-order valence-corrected chi connectivity index (χ2v) is 17.6. The smallest absolute Gasteiger partial charge is 0.344 e. The Hall–Kier alpha value is -6.19. The maximum Gasteiger partial charge on any atom is 0.344 e.